The summed E-state index contributed by atoms with van der Waals surface area (Å²) < 4.78 is 10.5. The monoisotopic (exact) mass is 432 g/mol. The van der Waals surface area contributed by atoms with Gasteiger partial charge < -0.3 is 25.8 Å². The third kappa shape index (κ3) is 5.85. The van der Waals surface area contributed by atoms with E-state index in [1.807, 2.05) is 6.07 Å². The minimum Gasteiger partial charge on any atom is -0.493 e. The summed E-state index contributed by atoms with van der Waals surface area (Å²) in [4.78, 5) is 28.4. The van der Waals surface area contributed by atoms with Crippen molar-refractivity contribution in [1.82, 2.24) is 10.3 Å². The number of benzene rings is 2. The van der Waals surface area contributed by atoms with E-state index in [2.05, 4.69) is 15.6 Å². The maximum Gasteiger partial charge on any atom is 0.255 e. The topological polar surface area (TPSA) is 116 Å². The van der Waals surface area contributed by atoms with Crippen molar-refractivity contribution in [2.75, 3.05) is 25.3 Å². The number of nitrogen functional groups attached to an aromatic ring is 1. The Hall–Kier alpha value is -4.33. The quantitative estimate of drug-likeness (QED) is 0.471. The lowest BCUT2D eigenvalue weighted by Crippen LogP contribution is -2.20. The van der Waals surface area contributed by atoms with Crippen molar-refractivity contribution < 1.29 is 19.1 Å². The Kier molecular flexibility index (Phi) is 7.42. The lowest BCUT2D eigenvalue weighted by atomic mass is 10.1. The number of aromatic nitrogens is 1. The summed E-state index contributed by atoms with van der Waals surface area (Å²) in [5.74, 6) is 0.687. The molecule has 32 heavy (non-hydrogen) atoms. The number of nitrogens with zero attached hydrogens (tertiary/aromatic N) is 1. The van der Waals surface area contributed by atoms with Gasteiger partial charge in [-0.15, -0.1) is 0 Å². The van der Waals surface area contributed by atoms with Crippen molar-refractivity contribution in [2.45, 2.75) is 6.54 Å². The molecule has 8 heteroatoms. The number of anilines is 2. The first-order chi connectivity index (χ1) is 15.5. The molecule has 3 aromatic rings. The lowest BCUT2D eigenvalue weighted by Gasteiger charge is -2.08. The molecule has 2 aromatic carbocycles. The van der Waals surface area contributed by atoms with E-state index in [9.17, 15) is 9.59 Å². The number of amides is 2. The third-order valence-electron chi connectivity index (χ3n) is 4.62. The van der Waals surface area contributed by atoms with E-state index in [1.165, 1.54) is 12.3 Å². The first kappa shape index (κ1) is 22.4. The molecule has 1 heterocycles. The van der Waals surface area contributed by atoms with Crippen LogP contribution in [0.3, 0.4) is 0 Å². The maximum absolute atomic E-state index is 12.4. The zero-order valence-corrected chi connectivity index (χ0v) is 17.8. The minimum absolute atomic E-state index is 0.241. The number of rotatable bonds is 8. The molecule has 0 saturated heterocycles. The predicted molar refractivity (Wildman–Crippen MR) is 123 cm³/mol. The normalized spacial score (nSPS) is 10.6. The molecule has 0 saturated carbocycles. The molecule has 0 radical (unpaired) electrons. The molecular weight excluding hydrogens is 408 g/mol. The van der Waals surface area contributed by atoms with E-state index in [1.54, 1.807) is 69.0 Å². The Balaban J connectivity index is 1.53. The van der Waals surface area contributed by atoms with Gasteiger partial charge in [0.15, 0.2) is 11.5 Å². The summed E-state index contributed by atoms with van der Waals surface area (Å²) >= 11 is 0. The van der Waals surface area contributed by atoms with Crippen LogP contribution in [0.1, 0.15) is 21.5 Å². The van der Waals surface area contributed by atoms with Crippen molar-refractivity contribution >= 4 is 29.3 Å². The van der Waals surface area contributed by atoms with Crippen LogP contribution < -0.4 is 25.8 Å². The highest BCUT2D eigenvalue weighted by molar-refractivity contribution is 6.05. The number of hydrogen-bond acceptors (Lipinski definition) is 6. The second-order valence-electron chi connectivity index (χ2n) is 6.78. The van der Waals surface area contributed by atoms with Crippen molar-refractivity contribution in [3.8, 4) is 11.5 Å². The molecule has 4 N–H and O–H groups in total. The van der Waals surface area contributed by atoms with Gasteiger partial charge in [-0.05, 0) is 47.5 Å². The third-order valence-corrected chi connectivity index (χ3v) is 4.62. The molecular formula is C24H24N4O4. The van der Waals surface area contributed by atoms with Crippen LogP contribution in [0.5, 0.6) is 11.5 Å². The number of hydrogen-bond donors (Lipinski definition) is 3. The van der Waals surface area contributed by atoms with E-state index in [-0.39, 0.29) is 11.8 Å². The van der Waals surface area contributed by atoms with Gasteiger partial charge in [-0.1, -0.05) is 18.2 Å². The van der Waals surface area contributed by atoms with Crippen LogP contribution in [0.4, 0.5) is 11.4 Å². The van der Waals surface area contributed by atoms with Crippen molar-refractivity contribution in [3.05, 3.63) is 83.7 Å². The summed E-state index contributed by atoms with van der Waals surface area (Å²) in [6.45, 7) is 0.328. The average Bonchev–Trinajstić information content (AvgIpc) is 2.82. The van der Waals surface area contributed by atoms with Crippen molar-refractivity contribution in [3.63, 3.8) is 0 Å². The van der Waals surface area contributed by atoms with Crippen LogP contribution >= 0.6 is 0 Å². The summed E-state index contributed by atoms with van der Waals surface area (Å²) in [7, 11) is 3.12. The average molecular weight is 432 g/mol. The Morgan fingerprint density at radius 2 is 1.78 bits per heavy atom. The highest BCUT2D eigenvalue weighted by Gasteiger charge is 2.08. The van der Waals surface area contributed by atoms with Crippen molar-refractivity contribution in [2.24, 2.45) is 0 Å². The molecule has 0 atom stereocenters. The SMILES string of the molecule is COc1ccc(/C=C/C(=O)NCc2ccc(C(=O)Nc3ccncc3N)cc2)cc1OC. The fourth-order valence-corrected chi connectivity index (χ4v) is 2.87. The number of nitrogens with two attached hydrogens (primary N) is 1. The molecule has 3 rings (SSSR count). The van der Waals surface area contributed by atoms with Gasteiger partial charge >= 0.3 is 0 Å². The predicted octanol–water partition coefficient (Wildman–Crippen LogP) is 3.26. The second-order valence-corrected chi connectivity index (χ2v) is 6.78. The van der Waals surface area contributed by atoms with E-state index in [4.69, 9.17) is 15.2 Å². The van der Waals surface area contributed by atoms with Gasteiger partial charge in [0.2, 0.25) is 5.91 Å². The number of ether oxygens (including phenoxy) is 2. The first-order valence-corrected chi connectivity index (χ1v) is 9.78. The fourth-order valence-electron chi connectivity index (χ4n) is 2.87. The molecule has 0 aliphatic rings. The Bertz CT molecular complexity index is 1130. The molecule has 0 fully saturated rings. The van der Waals surface area contributed by atoms with Crippen LogP contribution in [-0.2, 0) is 11.3 Å². The summed E-state index contributed by atoms with van der Waals surface area (Å²) in [5, 5.41) is 5.55. The standard InChI is InChI=1S/C24H24N4O4/c1-31-21-9-5-16(13-22(21)32-2)6-10-23(29)27-14-17-3-7-18(8-4-17)24(30)28-20-11-12-26-15-19(20)25/h3-13,15H,14,25H2,1-2H3,(H,27,29)(H,26,28,30)/b10-6+. The number of methoxy groups -OCH3 is 2. The zero-order valence-electron chi connectivity index (χ0n) is 17.8. The van der Waals surface area contributed by atoms with Gasteiger partial charge in [0.05, 0.1) is 31.8 Å². The molecule has 0 aliphatic heterocycles. The second kappa shape index (κ2) is 10.6. The number of pyridine rings is 1. The smallest absolute Gasteiger partial charge is 0.255 e. The van der Waals surface area contributed by atoms with Crippen LogP contribution in [0, 0.1) is 0 Å². The van der Waals surface area contributed by atoms with E-state index >= 15 is 0 Å². The van der Waals surface area contributed by atoms with Gasteiger partial charge in [-0.2, -0.15) is 0 Å². The number of carbonyl (C=O) groups is 2. The lowest BCUT2D eigenvalue weighted by molar-refractivity contribution is -0.116. The van der Waals surface area contributed by atoms with Crippen molar-refractivity contribution in [1.29, 1.82) is 0 Å². The van der Waals surface area contributed by atoms with E-state index < -0.39 is 0 Å². The van der Waals surface area contributed by atoms with Crippen LogP contribution in [0.15, 0.2) is 67.0 Å². The molecule has 1 aromatic heterocycles. The molecule has 0 aliphatic carbocycles. The molecule has 8 nitrogen and oxygen atoms in total. The maximum atomic E-state index is 12.4. The molecule has 0 unspecified atom stereocenters. The fraction of sp³-hybridized carbons (Fsp3) is 0.125. The Morgan fingerprint density at radius 1 is 1.03 bits per heavy atom. The number of nitrogens with one attached hydrogen (secondary N) is 2. The summed E-state index contributed by atoms with van der Waals surface area (Å²) in [6.07, 6.45) is 6.16. The van der Waals surface area contributed by atoms with Crippen LogP contribution in [0.2, 0.25) is 0 Å². The summed E-state index contributed by atoms with van der Waals surface area (Å²) in [5.41, 5.74) is 8.83. The van der Waals surface area contributed by atoms with Gasteiger partial charge in [0.25, 0.3) is 5.91 Å². The van der Waals surface area contributed by atoms with Crippen LogP contribution in [0.25, 0.3) is 6.08 Å². The highest BCUT2D eigenvalue weighted by atomic mass is 16.5. The zero-order chi connectivity index (χ0) is 22.9. The minimum atomic E-state index is -0.281. The Morgan fingerprint density at radius 3 is 2.47 bits per heavy atom. The van der Waals surface area contributed by atoms with Gasteiger partial charge in [-0.25, -0.2) is 0 Å². The summed E-state index contributed by atoms with van der Waals surface area (Å²) in [6, 6.07) is 14.0. The number of carbonyl (C=O) groups excluding carboxylic acids is 2. The Labute approximate surface area is 186 Å². The highest BCUT2D eigenvalue weighted by Crippen LogP contribution is 2.27. The van der Waals surface area contributed by atoms with Gasteiger partial charge in [0.1, 0.15) is 0 Å². The molecule has 164 valence electrons. The van der Waals surface area contributed by atoms with E-state index in [0.29, 0.717) is 35.0 Å². The first-order valence-electron chi connectivity index (χ1n) is 9.78. The van der Waals surface area contributed by atoms with Gasteiger partial charge in [0, 0.05) is 24.4 Å². The van der Waals surface area contributed by atoms with Gasteiger partial charge in [-0.3, -0.25) is 14.6 Å². The molecule has 0 bridgehead atoms. The molecule has 2 amide bonds. The van der Waals surface area contributed by atoms with Crippen LogP contribution in [-0.4, -0.2) is 31.0 Å². The largest absolute Gasteiger partial charge is 0.493 e. The van der Waals surface area contributed by atoms with E-state index in [0.717, 1.165) is 11.1 Å². The molecule has 0 spiro atoms.